The number of thiophene rings is 1. The predicted octanol–water partition coefficient (Wildman–Crippen LogP) is 4.09. The smallest absolute Gasteiger partial charge is 0.263 e. The molecule has 2 heterocycles. The lowest BCUT2D eigenvalue weighted by molar-refractivity contribution is 0.601. The van der Waals surface area contributed by atoms with Crippen molar-refractivity contribution in [3.63, 3.8) is 0 Å². The molecule has 102 valence electrons. The highest BCUT2D eigenvalue weighted by Gasteiger charge is 2.20. The number of sulfonamides is 1. The quantitative estimate of drug-likeness (QED) is 0.753. The van der Waals surface area contributed by atoms with Crippen molar-refractivity contribution in [2.75, 3.05) is 4.72 Å². The number of pyridine rings is 1. The fourth-order valence-electron chi connectivity index (χ4n) is 1.54. The topological polar surface area (TPSA) is 59.1 Å². The van der Waals surface area contributed by atoms with Gasteiger partial charge in [0.2, 0.25) is 0 Å². The normalized spacial score (nSPS) is 11.6. The second-order valence-electron chi connectivity index (χ2n) is 3.84. The molecule has 0 aliphatic rings. The number of nitrogens with zero attached hydrogens (tertiary/aromatic N) is 1. The lowest BCUT2D eigenvalue weighted by Gasteiger charge is -2.09. The predicted molar refractivity (Wildman–Crippen MR) is 84.2 cm³/mol. The Morgan fingerprint density at radius 3 is 2.47 bits per heavy atom. The van der Waals surface area contributed by atoms with E-state index < -0.39 is 10.0 Å². The van der Waals surface area contributed by atoms with E-state index in [2.05, 4.69) is 41.6 Å². The number of hydrogen-bond donors (Lipinski definition) is 1. The SMILES string of the molecule is Cc1nc(Br)ccc1NS(=O)(=O)c1cc(Br)sc1C. The first-order valence-corrected chi connectivity index (χ1v) is 9.10. The van der Waals surface area contributed by atoms with Gasteiger partial charge in [-0.05, 0) is 63.9 Å². The van der Waals surface area contributed by atoms with Crippen LogP contribution in [0.4, 0.5) is 5.69 Å². The Bertz CT molecular complexity index is 726. The number of aromatic nitrogens is 1. The maximum absolute atomic E-state index is 12.3. The summed E-state index contributed by atoms with van der Waals surface area (Å²) < 4.78 is 28.6. The Morgan fingerprint density at radius 1 is 1.26 bits per heavy atom. The van der Waals surface area contributed by atoms with Crippen LogP contribution in [0.3, 0.4) is 0 Å². The first kappa shape index (κ1) is 15.0. The van der Waals surface area contributed by atoms with Gasteiger partial charge >= 0.3 is 0 Å². The second kappa shape index (κ2) is 5.51. The monoisotopic (exact) mass is 424 g/mol. The summed E-state index contributed by atoms with van der Waals surface area (Å²) in [4.78, 5) is 5.18. The third kappa shape index (κ3) is 3.36. The summed E-state index contributed by atoms with van der Waals surface area (Å²) >= 11 is 7.92. The molecule has 0 aliphatic heterocycles. The van der Waals surface area contributed by atoms with Gasteiger partial charge in [-0.3, -0.25) is 4.72 Å². The van der Waals surface area contributed by atoms with Crippen molar-refractivity contribution in [1.82, 2.24) is 4.98 Å². The number of rotatable bonds is 3. The molecule has 0 atom stereocenters. The summed E-state index contributed by atoms with van der Waals surface area (Å²) in [5, 5.41) is 0. The molecular weight excluding hydrogens is 416 g/mol. The Hall–Kier alpha value is -0.440. The molecule has 0 fully saturated rings. The van der Waals surface area contributed by atoms with E-state index in [0.717, 1.165) is 8.66 Å². The average Bonchev–Trinajstić information content (AvgIpc) is 2.63. The van der Waals surface area contributed by atoms with Crippen LogP contribution in [0.2, 0.25) is 0 Å². The molecule has 0 saturated heterocycles. The Kier molecular flexibility index (Phi) is 4.34. The van der Waals surface area contributed by atoms with Crippen LogP contribution in [0.1, 0.15) is 10.6 Å². The van der Waals surface area contributed by atoms with E-state index in [-0.39, 0.29) is 4.90 Å². The molecule has 0 aliphatic carbocycles. The van der Waals surface area contributed by atoms with Gasteiger partial charge in [0.1, 0.15) is 9.50 Å². The summed E-state index contributed by atoms with van der Waals surface area (Å²) in [6.45, 7) is 3.52. The van der Waals surface area contributed by atoms with Crippen molar-refractivity contribution >= 4 is 58.9 Å². The Labute approximate surface area is 132 Å². The van der Waals surface area contributed by atoms with Crippen LogP contribution in [0.5, 0.6) is 0 Å². The van der Waals surface area contributed by atoms with Crippen LogP contribution in [0.15, 0.2) is 31.5 Å². The lowest BCUT2D eigenvalue weighted by atomic mass is 10.3. The first-order valence-electron chi connectivity index (χ1n) is 5.21. The minimum absolute atomic E-state index is 0.284. The van der Waals surface area contributed by atoms with Gasteiger partial charge in [0.25, 0.3) is 10.0 Å². The van der Waals surface area contributed by atoms with Gasteiger partial charge in [0.15, 0.2) is 0 Å². The molecule has 1 N–H and O–H groups in total. The van der Waals surface area contributed by atoms with E-state index in [9.17, 15) is 8.42 Å². The molecule has 0 bridgehead atoms. The largest absolute Gasteiger partial charge is 0.278 e. The van der Waals surface area contributed by atoms with Gasteiger partial charge in [-0.2, -0.15) is 0 Å². The van der Waals surface area contributed by atoms with Crippen molar-refractivity contribution in [3.05, 3.63) is 37.2 Å². The zero-order chi connectivity index (χ0) is 14.2. The summed E-state index contributed by atoms with van der Waals surface area (Å²) in [5.74, 6) is 0. The fraction of sp³-hybridized carbons (Fsp3) is 0.182. The minimum atomic E-state index is -3.58. The molecule has 0 unspecified atom stereocenters. The third-order valence-corrected chi connectivity index (χ3v) is 6.04. The van der Waals surface area contributed by atoms with Crippen LogP contribution in [-0.2, 0) is 10.0 Å². The van der Waals surface area contributed by atoms with Crippen LogP contribution >= 0.6 is 43.2 Å². The number of anilines is 1. The zero-order valence-corrected chi connectivity index (χ0v) is 14.9. The van der Waals surface area contributed by atoms with Gasteiger partial charge in [0, 0.05) is 4.88 Å². The van der Waals surface area contributed by atoms with E-state index in [1.165, 1.54) is 11.3 Å². The highest BCUT2D eigenvalue weighted by molar-refractivity contribution is 9.11. The Morgan fingerprint density at radius 2 is 1.95 bits per heavy atom. The number of hydrogen-bond acceptors (Lipinski definition) is 4. The molecule has 2 rings (SSSR count). The average molecular weight is 426 g/mol. The fourth-order valence-corrected chi connectivity index (χ4v) is 5.47. The molecule has 0 radical (unpaired) electrons. The van der Waals surface area contributed by atoms with Gasteiger partial charge in [0.05, 0.1) is 15.2 Å². The summed E-state index contributed by atoms with van der Waals surface area (Å²) in [7, 11) is -3.58. The maximum atomic E-state index is 12.3. The van der Waals surface area contributed by atoms with E-state index in [0.29, 0.717) is 16.0 Å². The van der Waals surface area contributed by atoms with E-state index in [4.69, 9.17) is 0 Å². The van der Waals surface area contributed by atoms with E-state index in [1.807, 2.05) is 0 Å². The van der Waals surface area contributed by atoms with Crippen LogP contribution in [0.25, 0.3) is 0 Å². The number of aryl methyl sites for hydroxylation is 2. The van der Waals surface area contributed by atoms with Gasteiger partial charge in [-0.25, -0.2) is 13.4 Å². The molecule has 2 aromatic rings. The molecule has 19 heavy (non-hydrogen) atoms. The standard InChI is InChI=1S/C11H10Br2N2O2S2/c1-6-8(3-4-10(12)14-6)15-19(16,17)9-5-11(13)18-7(9)2/h3-5,15H,1-2H3. The molecule has 0 aromatic carbocycles. The highest BCUT2D eigenvalue weighted by atomic mass is 79.9. The number of halogens is 2. The summed E-state index contributed by atoms with van der Waals surface area (Å²) in [6, 6.07) is 4.98. The first-order chi connectivity index (χ1) is 8.79. The molecule has 8 heteroatoms. The number of nitrogens with one attached hydrogen (secondary N) is 1. The zero-order valence-electron chi connectivity index (χ0n) is 10.1. The minimum Gasteiger partial charge on any atom is -0.278 e. The molecule has 4 nitrogen and oxygen atoms in total. The van der Waals surface area contributed by atoms with Crippen molar-refractivity contribution < 1.29 is 8.42 Å². The van der Waals surface area contributed by atoms with E-state index in [1.54, 1.807) is 32.0 Å². The van der Waals surface area contributed by atoms with Crippen molar-refractivity contribution in [3.8, 4) is 0 Å². The van der Waals surface area contributed by atoms with Crippen molar-refractivity contribution in [2.24, 2.45) is 0 Å². The van der Waals surface area contributed by atoms with Gasteiger partial charge < -0.3 is 0 Å². The van der Waals surface area contributed by atoms with Crippen molar-refractivity contribution in [1.29, 1.82) is 0 Å². The Balaban J connectivity index is 2.39. The van der Waals surface area contributed by atoms with Gasteiger partial charge in [-0.15, -0.1) is 11.3 Å². The molecular formula is C11H10Br2N2O2S2. The maximum Gasteiger partial charge on any atom is 0.263 e. The van der Waals surface area contributed by atoms with Crippen LogP contribution in [0, 0.1) is 13.8 Å². The third-order valence-electron chi connectivity index (χ3n) is 2.43. The van der Waals surface area contributed by atoms with Crippen LogP contribution in [-0.4, -0.2) is 13.4 Å². The summed E-state index contributed by atoms with van der Waals surface area (Å²) in [6.07, 6.45) is 0. The molecule has 2 aromatic heterocycles. The highest BCUT2D eigenvalue weighted by Crippen LogP contribution is 2.31. The van der Waals surface area contributed by atoms with Crippen molar-refractivity contribution in [2.45, 2.75) is 18.7 Å². The van der Waals surface area contributed by atoms with Gasteiger partial charge in [-0.1, -0.05) is 0 Å². The summed E-state index contributed by atoms with van der Waals surface area (Å²) in [5.41, 5.74) is 1.09. The second-order valence-corrected chi connectivity index (χ2v) is 8.94. The lowest BCUT2D eigenvalue weighted by Crippen LogP contribution is -2.14. The molecule has 0 amide bonds. The van der Waals surface area contributed by atoms with Crippen LogP contribution < -0.4 is 4.72 Å². The molecule has 0 spiro atoms. The van der Waals surface area contributed by atoms with E-state index >= 15 is 0 Å². The molecule has 0 saturated carbocycles.